The first-order valence-electron chi connectivity index (χ1n) is 7.42. The Labute approximate surface area is 128 Å². The van der Waals surface area contributed by atoms with Crippen LogP contribution in [0.4, 0.5) is 0 Å². The molecule has 1 aromatic rings. The highest BCUT2D eigenvalue weighted by Crippen LogP contribution is 2.53. The number of hydrogen-bond acceptors (Lipinski definition) is 3. The zero-order valence-corrected chi connectivity index (χ0v) is 14.8. The van der Waals surface area contributed by atoms with Gasteiger partial charge in [0, 0.05) is 16.7 Å². The van der Waals surface area contributed by atoms with E-state index in [2.05, 4.69) is 0 Å². The van der Waals surface area contributed by atoms with Crippen molar-refractivity contribution in [3.05, 3.63) is 16.7 Å². The van der Waals surface area contributed by atoms with Crippen molar-refractivity contribution in [1.29, 1.82) is 0 Å². The first-order valence-corrected chi connectivity index (χ1v) is 7.42. The molecule has 1 rings (SSSR count). The fourth-order valence-corrected chi connectivity index (χ4v) is 2.84. The smallest absolute Gasteiger partial charge is 0.130 e. The molecule has 0 fully saturated rings. The summed E-state index contributed by atoms with van der Waals surface area (Å²) in [6.07, 6.45) is 0. The van der Waals surface area contributed by atoms with Crippen molar-refractivity contribution in [2.45, 2.75) is 78.6 Å². The predicted octanol–water partition coefficient (Wildman–Crippen LogP) is 4.70. The Morgan fingerprint density at radius 2 is 0.571 bits per heavy atom. The summed E-state index contributed by atoms with van der Waals surface area (Å²) in [5.41, 5.74) is 0.200. The SMILES string of the molecule is CC(C)(C)c1c(O)c(C(C)(C)C)c(O)c(C(C)(C)C)c1O. The number of phenolic OH excluding ortho intramolecular Hbond substituents is 3. The molecule has 0 aliphatic carbocycles. The van der Waals surface area contributed by atoms with E-state index in [1.165, 1.54) is 0 Å². The first-order chi connectivity index (χ1) is 9.10. The van der Waals surface area contributed by atoms with Crippen molar-refractivity contribution in [1.82, 2.24) is 0 Å². The topological polar surface area (TPSA) is 60.7 Å². The Morgan fingerprint density at radius 3 is 0.667 bits per heavy atom. The lowest BCUT2D eigenvalue weighted by Crippen LogP contribution is -2.22. The van der Waals surface area contributed by atoms with Crippen LogP contribution >= 0.6 is 0 Å². The average molecular weight is 294 g/mol. The molecule has 0 amide bonds. The second-order valence-electron chi connectivity index (χ2n) is 8.92. The summed E-state index contributed by atoms with van der Waals surface area (Å²) >= 11 is 0. The standard InChI is InChI=1S/C18H30O3/c1-16(2,3)10-13(19)11(17(4,5)6)15(21)12(14(10)20)18(7,8)9/h19-21H,1-9H3. The van der Waals surface area contributed by atoms with Gasteiger partial charge in [0.05, 0.1) is 0 Å². The van der Waals surface area contributed by atoms with Crippen molar-refractivity contribution >= 4 is 0 Å². The van der Waals surface area contributed by atoms with E-state index in [4.69, 9.17) is 0 Å². The number of aromatic hydroxyl groups is 3. The molecule has 0 saturated heterocycles. The van der Waals surface area contributed by atoms with Gasteiger partial charge in [-0.2, -0.15) is 0 Å². The molecule has 0 bridgehead atoms. The maximum absolute atomic E-state index is 10.7. The molecule has 0 unspecified atom stereocenters. The molecule has 3 heteroatoms. The Morgan fingerprint density at radius 1 is 0.429 bits per heavy atom. The Hall–Kier alpha value is -1.38. The Balaban J connectivity index is 4.04. The molecular weight excluding hydrogens is 264 g/mol. The maximum atomic E-state index is 10.7. The molecule has 0 heterocycles. The third-order valence-corrected chi connectivity index (χ3v) is 3.67. The van der Waals surface area contributed by atoms with E-state index in [1.807, 2.05) is 62.3 Å². The lowest BCUT2D eigenvalue weighted by atomic mass is 9.73. The van der Waals surface area contributed by atoms with Crippen LogP contribution in [0.15, 0.2) is 0 Å². The molecule has 3 N–H and O–H groups in total. The van der Waals surface area contributed by atoms with Gasteiger partial charge in [-0.3, -0.25) is 0 Å². The van der Waals surface area contributed by atoms with E-state index in [1.54, 1.807) is 0 Å². The van der Waals surface area contributed by atoms with Crippen LogP contribution in [-0.2, 0) is 16.2 Å². The van der Waals surface area contributed by atoms with Gasteiger partial charge in [-0.05, 0) is 16.2 Å². The highest BCUT2D eigenvalue weighted by atomic mass is 16.3. The summed E-state index contributed by atoms with van der Waals surface area (Å²) in [6.45, 7) is 17.5. The van der Waals surface area contributed by atoms with Gasteiger partial charge >= 0.3 is 0 Å². The average Bonchev–Trinajstić information content (AvgIpc) is 2.07. The normalized spacial score (nSPS) is 13.6. The molecule has 21 heavy (non-hydrogen) atoms. The van der Waals surface area contributed by atoms with E-state index in [-0.39, 0.29) is 17.2 Å². The highest BCUT2D eigenvalue weighted by molar-refractivity contribution is 5.66. The van der Waals surface area contributed by atoms with Crippen LogP contribution in [-0.4, -0.2) is 15.3 Å². The maximum Gasteiger partial charge on any atom is 0.130 e. The molecule has 0 radical (unpaired) electrons. The van der Waals surface area contributed by atoms with E-state index in [0.717, 1.165) is 0 Å². The third-order valence-electron chi connectivity index (χ3n) is 3.67. The number of hydrogen-bond donors (Lipinski definition) is 3. The second kappa shape index (κ2) is 4.82. The summed E-state index contributed by atoms with van der Waals surface area (Å²) < 4.78 is 0. The predicted molar refractivity (Wildman–Crippen MR) is 87.5 cm³/mol. The molecule has 0 aliphatic heterocycles. The molecule has 0 aliphatic rings. The number of rotatable bonds is 0. The quantitative estimate of drug-likeness (QED) is 0.650. The minimum absolute atomic E-state index is 0.00185. The summed E-state index contributed by atoms with van der Waals surface area (Å²) in [6, 6.07) is 0. The molecule has 0 saturated carbocycles. The summed E-state index contributed by atoms with van der Waals surface area (Å²) in [7, 11) is 0. The van der Waals surface area contributed by atoms with Crippen LogP contribution in [0.5, 0.6) is 17.2 Å². The Kier molecular flexibility index (Phi) is 4.06. The zero-order valence-electron chi connectivity index (χ0n) is 14.8. The highest BCUT2D eigenvalue weighted by Gasteiger charge is 2.37. The van der Waals surface area contributed by atoms with Crippen molar-refractivity contribution < 1.29 is 15.3 Å². The fourth-order valence-electron chi connectivity index (χ4n) is 2.84. The monoisotopic (exact) mass is 294 g/mol. The number of phenols is 3. The molecule has 0 atom stereocenters. The summed E-state index contributed by atoms with van der Waals surface area (Å²) in [5, 5.41) is 32.1. The van der Waals surface area contributed by atoms with Crippen molar-refractivity contribution in [3.8, 4) is 17.2 Å². The minimum Gasteiger partial charge on any atom is -0.507 e. The molecule has 0 aromatic heterocycles. The van der Waals surface area contributed by atoms with E-state index in [9.17, 15) is 15.3 Å². The van der Waals surface area contributed by atoms with Crippen LogP contribution < -0.4 is 0 Å². The van der Waals surface area contributed by atoms with Crippen molar-refractivity contribution in [2.75, 3.05) is 0 Å². The largest absolute Gasteiger partial charge is 0.507 e. The van der Waals surface area contributed by atoms with Crippen LogP contribution in [0.1, 0.15) is 79.0 Å². The lowest BCUT2D eigenvalue weighted by molar-refractivity contribution is 0.357. The van der Waals surface area contributed by atoms with Gasteiger partial charge in [0.15, 0.2) is 0 Å². The molecule has 1 aromatic carbocycles. The second-order valence-corrected chi connectivity index (χ2v) is 8.92. The molecule has 0 spiro atoms. The fraction of sp³-hybridized carbons (Fsp3) is 0.667. The van der Waals surface area contributed by atoms with Crippen LogP contribution in [0, 0.1) is 0 Å². The van der Waals surface area contributed by atoms with Gasteiger partial charge in [-0.25, -0.2) is 0 Å². The summed E-state index contributed by atoms with van der Waals surface area (Å²) in [5.74, 6) is -0.00556. The van der Waals surface area contributed by atoms with Gasteiger partial charge in [-0.1, -0.05) is 62.3 Å². The van der Waals surface area contributed by atoms with Gasteiger partial charge in [0.25, 0.3) is 0 Å². The van der Waals surface area contributed by atoms with Crippen LogP contribution in [0.2, 0.25) is 0 Å². The minimum atomic E-state index is -0.429. The van der Waals surface area contributed by atoms with Gasteiger partial charge < -0.3 is 15.3 Å². The third kappa shape index (κ3) is 3.12. The van der Waals surface area contributed by atoms with Gasteiger partial charge in [-0.15, -0.1) is 0 Å². The molecule has 3 nitrogen and oxygen atoms in total. The zero-order chi connectivity index (χ0) is 17.0. The Bertz CT molecular complexity index is 448. The first kappa shape index (κ1) is 17.7. The van der Waals surface area contributed by atoms with Gasteiger partial charge in [0.1, 0.15) is 17.2 Å². The van der Waals surface area contributed by atoms with E-state index in [0.29, 0.717) is 16.7 Å². The summed E-state index contributed by atoms with van der Waals surface area (Å²) in [4.78, 5) is 0. The van der Waals surface area contributed by atoms with Gasteiger partial charge in [0.2, 0.25) is 0 Å². The molecule has 120 valence electrons. The van der Waals surface area contributed by atoms with Crippen LogP contribution in [0.3, 0.4) is 0 Å². The number of benzene rings is 1. The van der Waals surface area contributed by atoms with Crippen molar-refractivity contribution in [2.24, 2.45) is 0 Å². The molecular formula is C18H30O3. The lowest BCUT2D eigenvalue weighted by Gasteiger charge is -2.33. The van der Waals surface area contributed by atoms with Crippen LogP contribution in [0.25, 0.3) is 0 Å². The van der Waals surface area contributed by atoms with E-state index >= 15 is 0 Å². The van der Waals surface area contributed by atoms with E-state index < -0.39 is 16.2 Å². The van der Waals surface area contributed by atoms with Crippen molar-refractivity contribution in [3.63, 3.8) is 0 Å².